The van der Waals surface area contributed by atoms with Crippen molar-refractivity contribution in [3.8, 4) is 0 Å². The standard InChI is InChI=1S/C7H12NO4P/c1-3-5-11-13(10)12-6-8-7(9)4-2/h4H,2-3,5-6H2,1H3/p+1. The van der Waals surface area contributed by atoms with Gasteiger partial charge < -0.3 is 5.32 Å². The maximum absolute atomic E-state index is 10.8. The fourth-order valence-corrected chi connectivity index (χ4v) is 1.01. The van der Waals surface area contributed by atoms with Crippen molar-refractivity contribution in [2.45, 2.75) is 13.3 Å². The number of hydrogen-bond acceptors (Lipinski definition) is 4. The van der Waals surface area contributed by atoms with Gasteiger partial charge in [0.1, 0.15) is 6.61 Å². The Morgan fingerprint density at radius 1 is 1.62 bits per heavy atom. The van der Waals surface area contributed by atoms with Crippen LogP contribution in [0, 0.1) is 0 Å². The van der Waals surface area contributed by atoms with E-state index < -0.39 is 8.25 Å². The van der Waals surface area contributed by atoms with Gasteiger partial charge in [-0.2, -0.15) is 0 Å². The summed E-state index contributed by atoms with van der Waals surface area (Å²) in [4.78, 5) is 10.6. The van der Waals surface area contributed by atoms with Crippen molar-refractivity contribution >= 4 is 14.2 Å². The highest BCUT2D eigenvalue weighted by atomic mass is 31.1. The van der Waals surface area contributed by atoms with Crippen LogP contribution in [-0.2, 0) is 18.4 Å². The Labute approximate surface area is 78.1 Å². The van der Waals surface area contributed by atoms with Gasteiger partial charge in [0.15, 0.2) is 6.73 Å². The molecule has 13 heavy (non-hydrogen) atoms. The van der Waals surface area contributed by atoms with Gasteiger partial charge in [-0.1, -0.05) is 18.0 Å². The number of carbonyl (C=O) groups is 1. The van der Waals surface area contributed by atoms with Crippen LogP contribution in [0.2, 0.25) is 0 Å². The molecule has 0 saturated carbocycles. The topological polar surface area (TPSA) is 64.6 Å². The predicted octanol–water partition coefficient (Wildman–Crippen LogP) is 1.35. The highest BCUT2D eigenvalue weighted by Crippen LogP contribution is 2.22. The van der Waals surface area contributed by atoms with Gasteiger partial charge in [-0.15, -0.1) is 4.52 Å². The van der Waals surface area contributed by atoms with Gasteiger partial charge in [-0.25, -0.2) is 0 Å². The average Bonchev–Trinajstić information content (AvgIpc) is 2.14. The minimum absolute atomic E-state index is 0.135. The molecule has 0 rings (SSSR count). The van der Waals surface area contributed by atoms with Crippen LogP contribution in [-0.4, -0.2) is 19.2 Å². The second-order valence-electron chi connectivity index (χ2n) is 2.08. The third-order valence-electron chi connectivity index (χ3n) is 1.00. The maximum Gasteiger partial charge on any atom is 0.699 e. The Morgan fingerprint density at radius 2 is 2.31 bits per heavy atom. The first-order chi connectivity index (χ1) is 6.20. The molecule has 0 spiro atoms. The monoisotopic (exact) mass is 206 g/mol. The van der Waals surface area contributed by atoms with E-state index in [2.05, 4.69) is 16.4 Å². The van der Waals surface area contributed by atoms with Crippen LogP contribution in [0.1, 0.15) is 13.3 Å². The SMILES string of the molecule is C=CC(=O)NCO[P+](=O)OCCC. The number of rotatable bonds is 7. The van der Waals surface area contributed by atoms with E-state index in [0.717, 1.165) is 12.5 Å². The molecule has 1 amide bonds. The van der Waals surface area contributed by atoms with Crippen LogP contribution in [0.5, 0.6) is 0 Å². The molecule has 1 unspecified atom stereocenters. The van der Waals surface area contributed by atoms with Crippen molar-refractivity contribution in [3.63, 3.8) is 0 Å². The van der Waals surface area contributed by atoms with E-state index in [4.69, 9.17) is 4.52 Å². The van der Waals surface area contributed by atoms with E-state index >= 15 is 0 Å². The Hall–Kier alpha value is -0.770. The van der Waals surface area contributed by atoms with Gasteiger partial charge in [0, 0.05) is 4.57 Å². The van der Waals surface area contributed by atoms with Gasteiger partial charge in [0.05, 0.1) is 0 Å². The van der Waals surface area contributed by atoms with Crippen LogP contribution >= 0.6 is 8.25 Å². The third-order valence-corrected chi connectivity index (χ3v) is 1.74. The normalized spacial score (nSPS) is 10.7. The Kier molecular flexibility index (Phi) is 7.39. The van der Waals surface area contributed by atoms with E-state index in [0.29, 0.717) is 6.61 Å². The highest BCUT2D eigenvalue weighted by molar-refractivity contribution is 7.33. The zero-order chi connectivity index (χ0) is 10.1. The fraction of sp³-hybridized carbons (Fsp3) is 0.571. The fourth-order valence-electron chi connectivity index (χ4n) is 0.431. The minimum atomic E-state index is -2.12. The zero-order valence-corrected chi connectivity index (χ0v) is 8.38. The summed E-state index contributed by atoms with van der Waals surface area (Å²) in [6, 6.07) is 0. The Balaban J connectivity index is 3.36. The number of nitrogens with one attached hydrogen (secondary N) is 1. The highest BCUT2D eigenvalue weighted by Gasteiger charge is 2.18. The lowest BCUT2D eigenvalue weighted by Gasteiger charge is -1.93. The van der Waals surface area contributed by atoms with Crippen LogP contribution in [0.25, 0.3) is 0 Å². The Bertz CT molecular complexity index is 195. The summed E-state index contributed by atoms with van der Waals surface area (Å²) < 4.78 is 20.1. The molecular weight excluding hydrogens is 193 g/mol. The molecule has 0 aliphatic carbocycles. The molecule has 74 valence electrons. The summed E-state index contributed by atoms with van der Waals surface area (Å²) in [6.45, 7) is 5.37. The van der Waals surface area contributed by atoms with Gasteiger partial charge in [0.2, 0.25) is 5.91 Å². The summed E-state index contributed by atoms with van der Waals surface area (Å²) >= 11 is 0. The number of amides is 1. The van der Waals surface area contributed by atoms with Gasteiger partial charge >= 0.3 is 8.25 Å². The van der Waals surface area contributed by atoms with Crippen molar-refractivity contribution in [2.24, 2.45) is 0 Å². The molecule has 0 aliphatic heterocycles. The van der Waals surface area contributed by atoms with E-state index in [9.17, 15) is 9.36 Å². The van der Waals surface area contributed by atoms with Gasteiger partial charge in [-0.05, 0) is 12.5 Å². The van der Waals surface area contributed by atoms with Crippen molar-refractivity contribution in [1.82, 2.24) is 5.32 Å². The molecule has 5 nitrogen and oxygen atoms in total. The third kappa shape index (κ3) is 7.59. The lowest BCUT2D eigenvalue weighted by molar-refractivity contribution is -0.117. The van der Waals surface area contributed by atoms with Gasteiger partial charge in [0.25, 0.3) is 0 Å². The summed E-state index contributed by atoms with van der Waals surface area (Å²) in [5.41, 5.74) is 0. The van der Waals surface area contributed by atoms with Crippen LogP contribution in [0.4, 0.5) is 0 Å². The lowest BCUT2D eigenvalue weighted by Crippen LogP contribution is -2.22. The maximum atomic E-state index is 10.8. The zero-order valence-electron chi connectivity index (χ0n) is 7.49. The molecule has 0 radical (unpaired) electrons. The lowest BCUT2D eigenvalue weighted by atomic mass is 10.5. The van der Waals surface area contributed by atoms with Crippen molar-refractivity contribution in [2.75, 3.05) is 13.3 Å². The van der Waals surface area contributed by atoms with Gasteiger partial charge in [-0.3, -0.25) is 4.79 Å². The largest absolute Gasteiger partial charge is 0.699 e. The van der Waals surface area contributed by atoms with E-state index in [1.807, 2.05) is 6.92 Å². The first-order valence-electron chi connectivity index (χ1n) is 3.84. The summed E-state index contributed by atoms with van der Waals surface area (Å²) in [7, 11) is -2.12. The Morgan fingerprint density at radius 3 is 2.85 bits per heavy atom. The molecule has 0 fully saturated rings. The molecular formula is C7H13NO4P+. The first kappa shape index (κ1) is 12.2. The summed E-state index contributed by atoms with van der Waals surface area (Å²) in [6.07, 6.45) is 1.87. The molecule has 6 heteroatoms. The van der Waals surface area contributed by atoms with Crippen molar-refractivity contribution in [1.29, 1.82) is 0 Å². The van der Waals surface area contributed by atoms with Crippen LogP contribution in [0.15, 0.2) is 12.7 Å². The average molecular weight is 206 g/mol. The molecule has 1 atom stereocenters. The van der Waals surface area contributed by atoms with Crippen molar-refractivity contribution < 1.29 is 18.4 Å². The smallest absolute Gasteiger partial charge is 0.325 e. The predicted molar refractivity (Wildman–Crippen MR) is 48.1 cm³/mol. The second kappa shape index (κ2) is 7.86. The quantitative estimate of drug-likeness (QED) is 0.388. The first-order valence-corrected chi connectivity index (χ1v) is 4.93. The molecule has 0 aliphatic rings. The molecule has 0 bridgehead atoms. The van der Waals surface area contributed by atoms with Crippen LogP contribution in [0.3, 0.4) is 0 Å². The molecule has 0 aromatic rings. The number of hydrogen-bond donors (Lipinski definition) is 1. The molecule has 0 aromatic heterocycles. The molecule has 0 saturated heterocycles. The van der Waals surface area contributed by atoms with Crippen molar-refractivity contribution in [3.05, 3.63) is 12.7 Å². The van der Waals surface area contributed by atoms with E-state index in [-0.39, 0.29) is 12.6 Å². The second-order valence-corrected chi connectivity index (χ2v) is 3.04. The molecule has 1 N–H and O–H groups in total. The van der Waals surface area contributed by atoms with E-state index in [1.165, 1.54) is 0 Å². The minimum Gasteiger partial charge on any atom is -0.325 e. The molecule has 0 heterocycles. The van der Waals surface area contributed by atoms with Crippen LogP contribution < -0.4 is 5.32 Å². The summed E-state index contributed by atoms with van der Waals surface area (Å²) in [5, 5.41) is 2.30. The summed E-state index contributed by atoms with van der Waals surface area (Å²) in [5.74, 6) is -0.376. The number of carbonyl (C=O) groups excluding carboxylic acids is 1. The molecule has 0 aromatic carbocycles. The van der Waals surface area contributed by atoms with E-state index in [1.54, 1.807) is 0 Å².